The van der Waals surface area contributed by atoms with E-state index in [4.69, 9.17) is 18.9 Å². The Morgan fingerprint density at radius 3 is 1.96 bits per heavy atom. The summed E-state index contributed by atoms with van der Waals surface area (Å²) in [4.78, 5) is 2.44. The molecule has 1 heterocycles. The molecular weight excluding hydrogens is 344 g/mol. The van der Waals surface area contributed by atoms with Gasteiger partial charge in [-0.2, -0.15) is 0 Å². The summed E-state index contributed by atoms with van der Waals surface area (Å²) in [5.41, 5.74) is 2.13. The molecule has 3 rings (SSSR count). The molecule has 2 aromatic carbocycles. The van der Waals surface area contributed by atoms with Gasteiger partial charge in [-0.05, 0) is 12.1 Å². The van der Waals surface area contributed by atoms with Gasteiger partial charge in [0.25, 0.3) is 0 Å². The number of methoxy groups -OCH3 is 4. The second-order valence-electron chi connectivity index (χ2n) is 6.38. The first-order valence-corrected chi connectivity index (χ1v) is 9.11. The van der Waals surface area contributed by atoms with E-state index in [0.29, 0.717) is 11.5 Å². The Hall–Kier alpha value is -2.44. The highest BCUT2D eigenvalue weighted by Crippen LogP contribution is 2.43. The highest BCUT2D eigenvalue weighted by atomic mass is 16.5. The van der Waals surface area contributed by atoms with E-state index in [2.05, 4.69) is 16.3 Å². The summed E-state index contributed by atoms with van der Waals surface area (Å²) < 4.78 is 22.4. The van der Waals surface area contributed by atoms with Crippen molar-refractivity contribution in [1.82, 2.24) is 10.2 Å². The average Bonchev–Trinajstić information content (AvgIpc) is 2.74. The van der Waals surface area contributed by atoms with Crippen molar-refractivity contribution in [2.75, 3.05) is 54.6 Å². The molecule has 1 atom stereocenters. The van der Waals surface area contributed by atoms with Crippen LogP contribution in [0.2, 0.25) is 0 Å². The Labute approximate surface area is 161 Å². The minimum absolute atomic E-state index is 0.0157. The maximum Gasteiger partial charge on any atom is 0.164 e. The van der Waals surface area contributed by atoms with Crippen LogP contribution in [0.5, 0.6) is 23.0 Å². The van der Waals surface area contributed by atoms with Gasteiger partial charge in [-0.3, -0.25) is 4.90 Å². The van der Waals surface area contributed by atoms with Gasteiger partial charge in [-0.1, -0.05) is 18.2 Å². The van der Waals surface area contributed by atoms with E-state index in [1.165, 1.54) is 0 Å². The highest BCUT2D eigenvalue weighted by molar-refractivity contribution is 5.55. The van der Waals surface area contributed by atoms with Crippen LogP contribution < -0.4 is 24.3 Å². The maximum absolute atomic E-state index is 5.74. The maximum atomic E-state index is 5.74. The van der Waals surface area contributed by atoms with Crippen LogP contribution in [0.3, 0.4) is 0 Å². The largest absolute Gasteiger partial charge is 0.496 e. The van der Waals surface area contributed by atoms with Gasteiger partial charge < -0.3 is 24.3 Å². The molecule has 6 heteroatoms. The van der Waals surface area contributed by atoms with Crippen LogP contribution in [-0.2, 0) is 0 Å². The van der Waals surface area contributed by atoms with Crippen molar-refractivity contribution >= 4 is 0 Å². The van der Waals surface area contributed by atoms with Gasteiger partial charge in [0.1, 0.15) is 11.5 Å². The molecule has 6 nitrogen and oxygen atoms in total. The van der Waals surface area contributed by atoms with Crippen LogP contribution in [-0.4, -0.2) is 59.5 Å². The highest BCUT2D eigenvalue weighted by Gasteiger charge is 2.30. The minimum atomic E-state index is -0.0157. The number of piperazine rings is 1. The first kappa shape index (κ1) is 19.3. The summed E-state index contributed by atoms with van der Waals surface area (Å²) in [6, 6.07) is 12.0. The SMILES string of the molecule is COc1cc(OC)c(C(c2ccccc2OC)N2CCNCC2)cc1OC. The van der Waals surface area contributed by atoms with Crippen LogP contribution in [0.4, 0.5) is 0 Å². The second-order valence-corrected chi connectivity index (χ2v) is 6.38. The number of para-hydroxylation sites is 1. The third-order valence-corrected chi connectivity index (χ3v) is 4.98. The van der Waals surface area contributed by atoms with Crippen molar-refractivity contribution in [3.8, 4) is 23.0 Å². The van der Waals surface area contributed by atoms with E-state index in [-0.39, 0.29) is 6.04 Å². The third kappa shape index (κ3) is 3.96. The molecule has 1 aliphatic rings. The molecule has 1 N–H and O–H groups in total. The van der Waals surface area contributed by atoms with E-state index < -0.39 is 0 Å². The summed E-state index contributed by atoms with van der Waals surface area (Å²) in [6.45, 7) is 3.75. The molecule has 0 radical (unpaired) electrons. The molecule has 1 aliphatic heterocycles. The standard InChI is InChI=1S/C21H28N2O4/c1-24-17-8-6-5-7-15(17)21(23-11-9-22-10-12-23)16-13-19(26-3)20(27-4)14-18(16)25-2/h5-8,13-14,21-22H,9-12H2,1-4H3. The zero-order valence-corrected chi connectivity index (χ0v) is 16.5. The Morgan fingerprint density at radius 2 is 1.33 bits per heavy atom. The van der Waals surface area contributed by atoms with Crippen LogP contribution in [0.1, 0.15) is 17.2 Å². The van der Waals surface area contributed by atoms with Gasteiger partial charge in [0.15, 0.2) is 11.5 Å². The van der Waals surface area contributed by atoms with Gasteiger partial charge in [-0.15, -0.1) is 0 Å². The molecule has 27 heavy (non-hydrogen) atoms. The zero-order chi connectivity index (χ0) is 19.2. The predicted octanol–water partition coefficient (Wildman–Crippen LogP) is 2.72. The van der Waals surface area contributed by atoms with Crippen LogP contribution in [0, 0.1) is 0 Å². The lowest BCUT2D eigenvalue weighted by molar-refractivity contribution is 0.192. The van der Waals surface area contributed by atoms with E-state index in [0.717, 1.165) is 48.8 Å². The van der Waals surface area contributed by atoms with Crippen molar-refractivity contribution in [3.05, 3.63) is 47.5 Å². The number of ether oxygens (including phenoxy) is 4. The third-order valence-electron chi connectivity index (χ3n) is 4.98. The van der Waals surface area contributed by atoms with E-state index in [1.54, 1.807) is 28.4 Å². The Bertz CT molecular complexity index is 760. The zero-order valence-electron chi connectivity index (χ0n) is 16.5. The van der Waals surface area contributed by atoms with Gasteiger partial charge in [0.05, 0.1) is 34.5 Å². The number of hydrogen-bond donors (Lipinski definition) is 1. The molecule has 0 bridgehead atoms. The van der Waals surface area contributed by atoms with Crippen molar-refractivity contribution in [2.45, 2.75) is 6.04 Å². The van der Waals surface area contributed by atoms with E-state index in [1.807, 2.05) is 30.3 Å². The van der Waals surface area contributed by atoms with Crippen molar-refractivity contribution in [3.63, 3.8) is 0 Å². The number of hydrogen-bond acceptors (Lipinski definition) is 6. The predicted molar refractivity (Wildman–Crippen MR) is 105 cm³/mol. The molecule has 0 aliphatic carbocycles. The number of benzene rings is 2. The van der Waals surface area contributed by atoms with E-state index in [9.17, 15) is 0 Å². The summed E-state index contributed by atoms with van der Waals surface area (Å²) in [5, 5.41) is 3.42. The van der Waals surface area contributed by atoms with Crippen LogP contribution in [0.15, 0.2) is 36.4 Å². The normalized spacial score (nSPS) is 15.9. The topological polar surface area (TPSA) is 52.2 Å². The fourth-order valence-corrected chi connectivity index (χ4v) is 3.66. The molecule has 1 unspecified atom stereocenters. The molecule has 1 saturated heterocycles. The lowest BCUT2D eigenvalue weighted by atomic mass is 9.94. The summed E-state index contributed by atoms with van der Waals surface area (Å²) in [6.07, 6.45) is 0. The van der Waals surface area contributed by atoms with E-state index >= 15 is 0 Å². The molecule has 0 spiro atoms. The molecule has 1 fully saturated rings. The molecule has 146 valence electrons. The minimum Gasteiger partial charge on any atom is -0.496 e. The number of nitrogens with one attached hydrogen (secondary N) is 1. The Kier molecular flexibility index (Phi) is 6.42. The molecule has 0 amide bonds. The quantitative estimate of drug-likeness (QED) is 0.807. The van der Waals surface area contributed by atoms with Crippen molar-refractivity contribution in [2.24, 2.45) is 0 Å². The summed E-state index contributed by atoms with van der Waals surface area (Å²) in [7, 11) is 6.67. The van der Waals surface area contributed by atoms with Gasteiger partial charge in [-0.25, -0.2) is 0 Å². The van der Waals surface area contributed by atoms with Crippen LogP contribution >= 0.6 is 0 Å². The smallest absolute Gasteiger partial charge is 0.164 e. The average molecular weight is 372 g/mol. The molecular formula is C21H28N2O4. The molecule has 2 aromatic rings. The second kappa shape index (κ2) is 8.97. The first-order valence-electron chi connectivity index (χ1n) is 9.11. The van der Waals surface area contributed by atoms with Crippen LogP contribution in [0.25, 0.3) is 0 Å². The lowest BCUT2D eigenvalue weighted by Crippen LogP contribution is -2.45. The van der Waals surface area contributed by atoms with Crippen molar-refractivity contribution in [1.29, 1.82) is 0 Å². The monoisotopic (exact) mass is 372 g/mol. The fraction of sp³-hybridized carbons (Fsp3) is 0.429. The number of nitrogens with zero attached hydrogens (tertiary/aromatic N) is 1. The lowest BCUT2D eigenvalue weighted by Gasteiger charge is -2.36. The van der Waals surface area contributed by atoms with Crippen molar-refractivity contribution < 1.29 is 18.9 Å². The number of rotatable bonds is 7. The molecule has 0 saturated carbocycles. The molecule has 0 aromatic heterocycles. The van der Waals surface area contributed by atoms with Gasteiger partial charge >= 0.3 is 0 Å². The Morgan fingerprint density at radius 1 is 0.741 bits per heavy atom. The first-order chi connectivity index (χ1) is 13.2. The van der Waals surface area contributed by atoms with Gasteiger partial charge in [0.2, 0.25) is 0 Å². The van der Waals surface area contributed by atoms with Gasteiger partial charge in [0, 0.05) is 43.4 Å². The fourth-order valence-electron chi connectivity index (χ4n) is 3.66. The Balaban J connectivity index is 2.18. The summed E-state index contributed by atoms with van der Waals surface area (Å²) in [5.74, 6) is 2.96. The summed E-state index contributed by atoms with van der Waals surface area (Å²) >= 11 is 0.